The topological polar surface area (TPSA) is 26.0 Å². The highest BCUT2D eigenvalue weighted by atomic mass is 28.3. The van der Waals surface area contributed by atoms with Crippen molar-refractivity contribution in [2.24, 2.45) is 0 Å². The van der Waals surface area contributed by atoms with E-state index in [0.29, 0.717) is 0 Å². The summed E-state index contributed by atoms with van der Waals surface area (Å²) in [6, 6.07) is 11.7. The lowest BCUT2D eigenvalue weighted by atomic mass is 10.3. The quantitative estimate of drug-likeness (QED) is 0.745. The molecule has 2 nitrogen and oxygen atoms in total. The number of hydrogen-bond acceptors (Lipinski definition) is 2. The van der Waals surface area contributed by atoms with Crippen LogP contribution in [0, 0.1) is 0 Å². The second-order valence-electron chi connectivity index (χ2n) is 4.77. The van der Waals surface area contributed by atoms with E-state index >= 15 is 0 Å². The number of rotatable bonds is 4. The second-order valence-corrected chi connectivity index (χ2v) is 10.2. The summed E-state index contributed by atoms with van der Waals surface area (Å²) in [5, 5.41) is 0. The van der Waals surface area contributed by atoms with Gasteiger partial charge in [0.05, 0.1) is 8.07 Å². The molecule has 16 heavy (non-hydrogen) atoms. The molecule has 0 unspecified atom stereocenters. The molecule has 1 aromatic heterocycles. The Bertz CT molecular complexity index is 440. The van der Waals surface area contributed by atoms with E-state index in [1.165, 1.54) is 12.1 Å². The van der Waals surface area contributed by atoms with Gasteiger partial charge in [-0.2, -0.15) is 0 Å². The first-order chi connectivity index (χ1) is 7.67. The first-order valence-electron chi connectivity index (χ1n) is 6.01. The molecule has 1 heterocycles. The predicted octanol–water partition coefficient (Wildman–Crippen LogP) is 4.03. The molecule has 0 bridgehead atoms. The van der Waals surface area contributed by atoms with E-state index in [0.717, 1.165) is 23.0 Å². The minimum Gasteiger partial charge on any atom is -0.441 e. The van der Waals surface area contributed by atoms with E-state index in [-0.39, 0.29) is 0 Å². The Morgan fingerprint density at radius 2 is 1.88 bits per heavy atom. The van der Waals surface area contributed by atoms with Crippen LogP contribution in [0.5, 0.6) is 0 Å². The average Bonchev–Trinajstić information content (AvgIpc) is 2.70. The van der Waals surface area contributed by atoms with Crippen LogP contribution in [0.1, 0.15) is 19.7 Å². The lowest BCUT2D eigenvalue weighted by molar-refractivity contribution is 0.550. The molecule has 0 aliphatic heterocycles. The maximum atomic E-state index is 5.79. The number of fused-ring (bicyclic) bond motifs is 1. The Kier molecular flexibility index (Phi) is 3.14. The normalized spacial score (nSPS) is 12.2. The van der Waals surface area contributed by atoms with Gasteiger partial charge in [-0.3, -0.25) is 0 Å². The first kappa shape index (κ1) is 11.4. The molecule has 0 atom stereocenters. The fourth-order valence-electron chi connectivity index (χ4n) is 1.86. The molecule has 0 fully saturated rings. The van der Waals surface area contributed by atoms with Crippen LogP contribution in [0.4, 0.5) is 0 Å². The molecule has 0 N–H and O–H groups in total. The fourth-order valence-corrected chi connectivity index (χ4v) is 3.74. The fraction of sp³-hybridized carbons (Fsp3) is 0.462. The van der Waals surface area contributed by atoms with Gasteiger partial charge >= 0.3 is 0 Å². The van der Waals surface area contributed by atoms with Crippen LogP contribution in [0.15, 0.2) is 28.7 Å². The molecule has 0 saturated carbocycles. The maximum Gasteiger partial charge on any atom is 0.192 e. The number of aromatic nitrogens is 1. The lowest BCUT2D eigenvalue weighted by Gasteiger charge is -2.21. The van der Waals surface area contributed by atoms with E-state index in [1.807, 2.05) is 24.3 Å². The minimum absolute atomic E-state index is 0.918. The van der Waals surface area contributed by atoms with Crippen molar-refractivity contribution in [2.75, 3.05) is 0 Å². The Balaban J connectivity index is 2.27. The van der Waals surface area contributed by atoms with Gasteiger partial charge in [0.1, 0.15) is 5.52 Å². The molecule has 0 radical (unpaired) electrons. The molecule has 0 aliphatic rings. The van der Waals surface area contributed by atoms with Gasteiger partial charge in [-0.15, -0.1) is 0 Å². The van der Waals surface area contributed by atoms with E-state index < -0.39 is 8.07 Å². The van der Waals surface area contributed by atoms with Crippen molar-refractivity contribution in [1.29, 1.82) is 0 Å². The number of hydrogen-bond donors (Lipinski definition) is 0. The molecule has 3 heteroatoms. The van der Waals surface area contributed by atoms with Crippen molar-refractivity contribution in [1.82, 2.24) is 4.98 Å². The summed E-state index contributed by atoms with van der Waals surface area (Å²) in [4.78, 5) is 4.56. The monoisotopic (exact) mass is 233 g/mol. The van der Waals surface area contributed by atoms with Gasteiger partial charge in [0.25, 0.3) is 0 Å². The minimum atomic E-state index is -1.16. The molecule has 86 valence electrons. The van der Waals surface area contributed by atoms with Crippen LogP contribution < -0.4 is 0 Å². The van der Waals surface area contributed by atoms with Crippen LogP contribution in [0.2, 0.25) is 18.6 Å². The maximum absolute atomic E-state index is 5.79. The van der Waals surface area contributed by atoms with E-state index in [4.69, 9.17) is 4.42 Å². The molecule has 0 saturated heterocycles. The molecule has 0 amide bonds. The van der Waals surface area contributed by atoms with Gasteiger partial charge in [0.2, 0.25) is 0 Å². The first-order valence-corrected chi connectivity index (χ1v) is 9.13. The zero-order valence-electron chi connectivity index (χ0n) is 10.3. The van der Waals surface area contributed by atoms with Crippen molar-refractivity contribution in [3.05, 3.63) is 30.2 Å². The highest BCUT2D eigenvalue weighted by Crippen LogP contribution is 2.22. The SMILES string of the molecule is CC[Si](C)(CC)Cc1nc2ccccc2o1. The molecule has 0 aliphatic carbocycles. The van der Waals surface area contributed by atoms with Crippen LogP contribution in [0.25, 0.3) is 11.1 Å². The zero-order valence-corrected chi connectivity index (χ0v) is 11.3. The van der Waals surface area contributed by atoms with Crippen molar-refractivity contribution < 1.29 is 4.42 Å². The summed E-state index contributed by atoms with van der Waals surface area (Å²) in [6.07, 6.45) is 0. The third kappa shape index (κ3) is 2.19. The molecular formula is C13H19NOSi. The van der Waals surface area contributed by atoms with Gasteiger partial charge in [0, 0.05) is 6.04 Å². The van der Waals surface area contributed by atoms with E-state index in [1.54, 1.807) is 0 Å². The highest BCUT2D eigenvalue weighted by Gasteiger charge is 2.25. The molecular weight excluding hydrogens is 214 g/mol. The van der Waals surface area contributed by atoms with Crippen molar-refractivity contribution >= 4 is 19.2 Å². The molecule has 2 aromatic rings. The highest BCUT2D eigenvalue weighted by molar-refractivity contribution is 6.77. The summed E-state index contributed by atoms with van der Waals surface area (Å²) in [7, 11) is -1.16. The van der Waals surface area contributed by atoms with E-state index in [9.17, 15) is 0 Å². The van der Waals surface area contributed by atoms with Crippen LogP contribution in [-0.2, 0) is 6.04 Å². The smallest absolute Gasteiger partial charge is 0.192 e. The number of para-hydroxylation sites is 2. The Labute approximate surface area is 97.7 Å². The van der Waals surface area contributed by atoms with Gasteiger partial charge in [0.15, 0.2) is 11.5 Å². The van der Waals surface area contributed by atoms with Crippen LogP contribution in [0.3, 0.4) is 0 Å². The Morgan fingerprint density at radius 3 is 2.50 bits per heavy atom. The summed E-state index contributed by atoms with van der Waals surface area (Å²) >= 11 is 0. The molecule has 0 spiro atoms. The number of benzene rings is 1. The lowest BCUT2D eigenvalue weighted by Crippen LogP contribution is -2.31. The zero-order chi connectivity index (χ0) is 11.6. The Hall–Kier alpha value is -1.09. The second kappa shape index (κ2) is 4.42. The summed E-state index contributed by atoms with van der Waals surface area (Å²) < 4.78 is 5.79. The van der Waals surface area contributed by atoms with Gasteiger partial charge < -0.3 is 4.42 Å². The summed E-state index contributed by atoms with van der Waals surface area (Å²) in [5.41, 5.74) is 1.90. The van der Waals surface area contributed by atoms with Gasteiger partial charge in [-0.05, 0) is 12.1 Å². The number of nitrogens with zero attached hydrogens (tertiary/aromatic N) is 1. The third-order valence-electron chi connectivity index (χ3n) is 3.62. The average molecular weight is 233 g/mol. The molecule has 2 rings (SSSR count). The standard InChI is InChI=1S/C13H19NOSi/c1-4-16(3,5-2)10-13-14-11-8-6-7-9-12(11)15-13/h6-9H,4-5,10H2,1-3H3. The van der Waals surface area contributed by atoms with Crippen molar-refractivity contribution in [3.63, 3.8) is 0 Å². The van der Waals surface area contributed by atoms with Crippen LogP contribution in [-0.4, -0.2) is 13.1 Å². The molecule has 1 aromatic carbocycles. The largest absolute Gasteiger partial charge is 0.441 e. The van der Waals surface area contributed by atoms with Gasteiger partial charge in [-0.1, -0.05) is 44.6 Å². The van der Waals surface area contributed by atoms with Crippen molar-refractivity contribution in [3.8, 4) is 0 Å². The summed E-state index contributed by atoms with van der Waals surface area (Å²) in [5.74, 6) is 0.930. The predicted molar refractivity (Wildman–Crippen MR) is 70.3 cm³/mol. The van der Waals surface area contributed by atoms with Crippen molar-refractivity contribution in [2.45, 2.75) is 38.5 Å². The third-order valence-corrected chi connectivity index (χ3v) is 8.19. The van der Waals surface area contributed by atoms with E-state index in [2.05, 4.69) is 25.4 Å². The van der Waals surface area contributed by atoms with Gasteiger partial charge in [-0.25, -0.2) is 4.98 Å². The Morgan fingerprint density at radius 1 is 1.19 bits per heavy atom. The summed E-state index contributed by atoms with van der Waals surface area (Å²) in [6.45, 7) is 7.01. The van der Waals surface area contributed by atoms with Crippen LogP contribution >= 0.6 is 0 Å². The number of oxazole rings is 1.